The van der Waals surface area contributed by atoms with Gasteiger partial charge in [0.2, 0.25) is 0 Å². The van der Waals surface area contributed by atoms with Crippen molar-refractivity contribution >= 4 is 5.97 Å². The standard InChI is InChI=1S/C17H19NO2/c1-11(2)12-3-5-13(6-4-12)15-9-10-16(17(19)20)18(15)14-7-8-14/h3-6,9-11,14H,7-8H2,1-2H3,(H,19,20). The highest BCUT2D eigenvalue weighted by atomic mass is 16.4. The van der Waals surface area contributed by atoms with Gasteiger partial charge in [0.05, 0.1) is 0 Å². The van der Waals surface area contributed by atoms with E-state index < -0.39 is 5.97 Å². The van der Waals surface area contributed by atoms with E-state index in [9.17, 15) is 9.90 Å². The number of carboxylic acid groups (broad SMARTS) is 1. The van der Waals surface area contributed by atoms with Crippen molar-refractivity contribution in [3.8, 4) is 11.3 Å². The molecule has 104 valence electrons. The first-order valence-electron chi connectivity index (χ1n) is 7.13. The van der Waals surface area contributed by atoms with Gasteiger partial charge in [-0.15, -0.1) is 0 Å². The molecule has 0 amide bonds. The molecule has 3 heteroatoms. The summed E-state index contributed by atoms with van der Waals surface area (Å²) >= 11 is 0. The minimum atomic E-state index is -0.845. The molecule has 0 saturated heterocycles. The summed E-state index contributed by atoms with van der Waals surface area (Å²) in [5, 5.41) is 9.30. The van der Waals surface area contributed by atoms with E-state index in [1.807, 2.05) is 10.6 Å². The molecular weight excluding hydrogens is 250 g/mol. The van der Waals surface area contributed by atoms with Crippen molar-refractivity contribution in [2.24, 2.45) is 0 Å². The van der Waals surface area contributed by atoms with Crippen LogP contribution in [0.2, 0.25) is 0 Å². The average molecular weight is 269 g/mol. The van der Waals surface area contributed by atoms with Crippen LogP contribution in [0, 0.1) is 0 Å². The molecule has 1 heterocycles. The Morgan fingerprint density at radius 2 is 1.80 bits per heavy atom. The van der Waals surface area contributed by atoms with Crippen molar-refractivity contribution in [3.63, 3.8) is 0 Å². The van der Waals surface area contributed by atoms with Crippen molar-refractivity contribution in [2.75, 3.05) is 0 Å². The molecule has 1 aromatic heterocycles. The van der Waals surface area contributed by atoms with Crippen molar-refractivity contribution in [1.82, 2.24) is 4.57 Å². The Hall–Kier alpha value is -2.03. The number of aromatic carboxylic acids is 1. The van der Waals surface area contributed by atoms with E-state index in [-0.39, 0.29) is 0 Å². The van der Waals surface area contributed by atoms with Gasteiger partial charge in [-0.1, -0.05) is 38.1 Å². The number of rotatable bonds is 4. The summed E-state index contributed by atoms with van der Waals surface area (Å²) in [6.45, 7) is 4.34. The third-order valence-electron chi connectivity index (χ3n) is 3.92. The van der Waals surface area contributed by atoms with Gasteiger partial charge in [-0.2, -0.15) is 0 Å². The van der Waals surface area contributed by atoms with Gasteiger partial charge in [0.1, 0.15) is 5.69 Å². The quantitative estimate of drug-likeness (QED) is 0.898. The molecule has 0 unspecified atom stereocenters. The van der Waals surface area contributed by atoms with Gasteiger partial charge in [-0.05, 0) is 42.0 Å². The lowest BCUT2D eigenvalue weighted by Gasteiger charge is -2.12. The Labute approximate surface area is 118 Å². The Bertz CT molecular complexity index is 634. The van der Waals surface area contributed by atoms with Crippen LogP contribution in [0.25, 0.3) is 11.3 Å². The summed E-state index contributed by atoms with van der Waals surface area (Å²) < 4.78 is 1.98. The van der Waals surface area contributed by atoms with Crippen LogP contribution in [-0.2, 0) is 0 Å². The number of benzene rings is 1. The summed E-state index contributed by atoms with van der Waals surface area (Å²) in [5.74, 6) is -0.337. The number of hydrogen-bond acceptors (Lipinski definition) is 1. The fraction of sp³-hybridized carbons (Fsp3) is 0.353. The van der Waals surface area contributed by atoms with Gasteiger partial charge >= 0.3 is 5.97 Å². The molecule has 0 spiro atoms. The van der Waals surface area contributed by atoms with Crippen LogP contribution in [0.3, 0.4) is 0 Å². The zero-order valence-electron chi connectivity index (χ0n) is 11.8. The molecule has 20 heavy (non-hydrogen) atoms. The Balaban J connectivity index is 2.03. The molecule has 1 saturated carbocycles. The molecule has 1 aromatic carbocycles. The highest BCUT2D eigenvalue weighted by Gasteiger charge is 2.29. The fourth-order valence-corrected chi connectivity index (χ4v) is 2.62. The van der Waals surface area contributed by atoms with Crippen LogP contribution in [0.15, 0.2) is 36.4 Å². The summed E-state index contributed by atoms with van der Waals surface area (Å²) in [5.41, 5.74) is 3.81. The van der Waals surface area contributed by atoms with Crippen LogP contribution in [0.5, 0.6) is 0 Å². The molecule has 2 aromatic rings. The van der Waals surface area contributed by atoms with E-state index >= 15 is 0 Å². The highest BCUT2D eigenvalue weighted by Crippen LogP contribution is 2.40. The predicted molar refractivity (Wildman–Crippen MR) is 79.2 cm³/mol. The monoisotopic (exact) mass is 269 g/mol. The van der Waals surface area contributed by atoms with E-state index in [4.69, 9.17) is 0 Å². The zero-order chi connectivity index (χ0) is 14.3. The maximum Gasteiger partial charge on any atom is 0.352 e. The summed E-state index contributed by atoms with van der Waals surface area (Å²) in [7, 11) is 0. The van der Waals surface area contributed by atoms with Gasteiger partial charge in [-0.3, -0.25) is 0 Å². The van der Waals surface area contributed by atoms with Crippen LogP contribution < -0.4 is 0 Å². The minimum absolute atomic E-state index is 0.357. The number of nitrogens with zero attached hydrogens (tertiary/aromatic N) is 1. The first-order valence-corrected chi connectivity index (χ1v) is 7.13. The van der Waals surface area contributed by atoms with Crippen molar-refractivity contribution in [3.05, 3.63) is 47.7 Å². The van der Waals surface area contributed by atoms with Crippen LogP contribution in [0.1, 0.15) is 54.7 Å². The molecule has 3 nitrogen and oxygen atoms in total. The van der Waals surface area contributed by atoms with Crippen molar-refractivity contribution < 1.29 is 9.90 Å². The maximum atomic E-state index is 11.3. The predicted octanol–water partition coefficient (Wildman–Crippen LogP) is 4.31. The number of hydrogen-bond donors (Lipinski definition) is 1. The Kier molecular flexibility index (Phi) is 3.13. The SMILES string of the molecule is CC(C)c1ccc(-c2ccc(C(=O)O)n2C2CC2)cc1. The average Bonchev–Trinajstić information content (AvgIpc) is 3.17. The molecule has 0 aliphatic heterocycles. The third-order valence-corrected chi connectivity index (χ3v) is 3.92. The van der Waals surface area contributed by atoms with E-state index in [1.54, 1.807) is 6.07 Å². The van der Waals surface area contributed by atoms with E-state index in [0.717, 1.165) is 24.1 Å². The first-order chi connectivity index (χ1) is 9.58. The van der Waals surface area contributed by atoms with Crippen molar-refractivity contribution in [1.29, 1.82) is 0 Å². The van der Waals surface area contributed by atoms with Gasteiger partial charge in [0.25, 0.3) is 0 Å². The third kappa shape index (κ3) is 2.24. The number of carbonyl (C=O) groups is 1. The van der Waals surface area contributed by atoms with E-state index in [1.165, 1.54) is 5.56 Å². The Morgan fingerprint density at radius 1 is 1.15 bits per heavy atom. The molecule has 1 aliphatic carbocycles. The second-order valence-corrected chi connectivity index (χ2v) is 5.79. The molecule has 0 bridgehead atoms. The van der Waals surface area contributed by atoms with E-state index in [2.05, 4.69) is 38.1 Å². The van der Waals surface area contributed by atoms with Gasteiger partial charge < -0.3 is 9.67 Å². The second-order valence-electron chi connectivity index (χ2n) is 5.79. The first kappa shape index (κ1) is 13.0. The normalized spacial score (nSPS) is 14.8. The van der Waals surface area contributed by atoms with Gasteiger partial charge in [-0.25, -0.2) is 4.79 Å². The summed E-state index contributed by atoms with van der Waals surface area (Å²) in [4.78, 5) is 11.3. The largest absolute Gasteiger partial charge is 0.477 e. The number of aromatic nitrogens is 1. The van der Waals surface area contributed by atoms with Crippen LogP contribution in [0.4, 0.5) is 0 Å². The summed E-state index contributed by atoms with van der Waals surface area (Å²) in [6, 6.07) is 12.4. The topological polar surface area (TPSA) is 42.2 Å². The molecule has 0 radical (unpaired) electrons. The minimum Gasteiger partial charge on any atom is -0.477 e. The summed E-state index contributed by atoms with van der Waals surface area (Å²) in [6.07, 6.45) is 2.15. The molecule has 1 N–H and O–H groups in total. The lowest BCUT2D eigenvalue weighted by atomic mass is 10.0. The smallest absolute Gasteiger partial charge is 0.352 e. The fourth-order valence-electron chi connectivity index (χ4n) is 2.62. The number of carboxylic acids is 1. The zero-order valence-corrected chi connectivity index (χ0v) is 11.8. The lowest BCUT2D eigenvalue weighted by Crippen LogP contribution is -2.08. The molecule has 3 rings (SSSR count). The van der Waals surface area contributed by atoms with Crippen molar-refractivity contribution in [2.45, 2.75) is 38.6 Å². The molecule has 0 atom stereocenters. The van der Waals surface area contributed by atoms with Crippen LogP contribution >= 0.6 is 0 Å². The molecule has 1 aliphatic rings. The maximum absolute atomic E-state index is 11.3. The molecule has 1 fully saturated rings. The van der Waals surface area contributed by atoms with Crippen LogP contribution in [-0.4, -0.2) is 15.6 Å². The highest BCUT2D eigenvalue weighted by molar-refractivity contribution is 5.87. The second kappa shape index (κ2) is 4.82. The van der Waals surface area contributed by atoms with E-state index in [0.29, 0.717) is 17.7 Å². The lowest BCUT2D eigenvalue weighted by molar-refractivity contribution is 0.0685. The van der Waals surface area contributed by atoms with Gasteiger partial charge in [0, 0.05) is 11.7 Å². The van der Waals surface area contributed by atoms with Gasteiger partial charge in [0.15, 0.2) is 0 Å². The molecular formula is C17H19NO2. The Morgan fingerprint density at radius 3 is 2.30 bits per heavy atom.